The fourth-order valence-electron chi connectivity index (χ4n) is 1.81. The maximum Gasteiger partial charge on any atom is 0.235 e. The highest BCUT2D eigenvalue weighted by Crippen LogP contribution is 2.34. The first-order chi connectivity index (χ1) is 9.84. The molecular formula is C13H23N5O2S. The third kappa shape index (κ3) is 4.09. The molecule has 2 atom stereocenters. The average Bonchev–Trinajstić information content (AvgIpc) is 3.18. The second-order valence-corrected chi connectivity index (χ2v) is 7.92. The molecule has 0 bridgehead atoms. The van der Waals surface area contributed by atoms with Gasteiger partial charge in [-0.1, -0.05) is 6.92 Å². The van der Waals surface area contributed by atoms with Gasteiger partial charge in [-0.15, -0.1) is 5.10 Å². The maximum atomic E-state index is 12.4. The number of carbonyl (C=O) groups excluding carboxylic acids is 1. The summed E-state index contributed by atoms with van der Waals surface area (Å²) in [4.78, 5) is 12.2. The largest absolute Gasteiger partial charge is 0.350 e. The lowest BCUT2D eigenvalue weighted by Gasteiger charge is -2.26. The zero-order valence-corrected chi connectivity index (χ0v) is 13.8. The molecule has 1 heterocycles. The van der Waals surface area contributed by atoms with E-state index in [2.05, 4.69) is 20.8 Å². The number of rotatable bonds is 7. The summed E-state index contributed by atoms with van der Waals surface area (Å²) in [6.45, 7) is 7.59. The first-order valence-electron chi connectivity index (χ1n) is 7.30. The molecule has 2 unspecified atom stereocenters. The van der Waals surface area contributed by atoms with Crippen molar-refractivity contribution in [3.05, 3.63) is 5.82 Å². The number of aromatic nitrogens is 4. The van der Waals surface area contributed by atoms with Crippen LogP contribution >= 0.6 is 0 Å². The molecule has 1 saturated carbocycles. The van der Waals surface area contributed by atoms with Crippen molar-refractivity contribution < 1.29 is 9.00 Å². The van der Waals surface area contributed by atoms with E-state index in [0.29, 0.717) is 11.9 Å². The standard InChI is InChI=1S/C13H23N5O2S/c1-5-13(3,4)14-12(19)9(2)21(20)8-11-15-16-17-18(11)10-6-7-10/h9-10H,5-8H2,1-4H3,(H,14,19). The van der Waals surface area contributed by atoms with Gasteiger partial charge in [-0.25, -0.2) is 4.68 Å². The van der Waals surface area contributed by atoms with Gasteiger partial charge < -0.3 is 5.32 Å². The van der Waals surface area contributed by atoms with Gasteiger partial charge in [-0.3, -0.25) is 9.00 Å². The Morgan fingerprint density at radius 1 is 1.52 bits per heavy atom. The molecule has 118 valence electrons. The predicted molar refractivity (Wildman–Crippen MR) is 79.9 cm³/mol. The molecule has 7 nitrogen and oxygen atoms in total. The topological polar surface area (TPSA) is 89.8 Å². The van der Waals surface area contributed by atoms with Crippen LogP contribution in [0.5, 0.6) is 0 Å². The molecule has 8 heteroatoms. The number of nitrogens with one attached hydrogen (secondary N) is 1. The van der Waals surface area contributed by atoms with Crippen LogP contribution in [0.3, 0.4) is 0 Å². The molecule has 1 fully saturated rings. The average molecular weight is 313 g/mol. The van der Waals surface area contributed by atoms with E-state index in [0.717, 1.165) is 19.3 Å². The number of hydrogen-bond donors (Lipinski definition) is 1. The van der Waals surface area contributed by atoms with E-state index < -0.39 is 16.0 Å². The number of tetrazole rings is 1. The van der Waals surface area contributed by atoms with E-state index in [4.69, 9.17) is 0 Å². The lowest BCUT2D eigenvalue weighted by molar-refractivity contribution is -0.121. The summed E-state index contributed by atoms with van der Waals surface area (Å²) in [5, 5.41) is 13.8. The number of hydrogen-bond acceptors (Lipinski definition) is 5. The number of amides is 1. The normalized spacial score (nSPS) is 18.3. The van der Waals surface area contributed by atoms with Crippen LogP contribution in [0.15, 0.2) is 0 Å². The summed E-state index contributed by atoms with van der Waals surface area (Å²) < 4.78 is 14.1. The van der Waals surface area contributed by atoms with Gasteiger partial charge in [-0.05, 0) is 50.5 Å². The van der Waals surface area contributed by atoms with E-state index in [-0.39, 0.29) is 17.2 Å². The van der Waals surface area contributed by atoms with Gasteiger partial charge in [0.15, 0.2) is 5.82 Å². The molecule has 1 aliphatic rings. The van der Waals surface area contributed by atoms with Crippen LogP contribution in [0.25, 0.3) is 0 Å². The van der Waals surface area contributed by atoms with E-state index in [1.807, 2.05) is 20.8 Å². The zero-order chi connectivity index (χ0) is 15.6. The van der Waals surface area contributed by atoms with Gasteiger partial charge in [0.25, 0.3) is 0 Å². The minimum Gasteiger partial charge on any atom is -0.350 e. The summed E-state index contributed by atoms with van der Waals surface area (Å²) in [5.41, 5.74) is -0.287. The summed E-state index contributed by atoms with van der Waals surface area (Å²) in [5.74, 6) is 0.626. The Hall–Kier alpha value is -1.31. The number of carbonyl (C=O) groups is 1. The molecule has 0 aliphatic heterocycles. The summed E-state index contributed by atoms with van der Waals surface area (Å²) >= 11 is 0. The predicted octanol–water partition coefficient (Wildman–Crippen LogP) is 0.950. The van der Waals surface area contributed by atoms with Crippen molar-refractivity contribution in [3.8, 4) is 0 Å². The molecule has 0 saturated heterocycles. The van der Waals surface area contributed by atoms with Gasteiger partial charge in [0, 0.05) is 16.3 Å². The Morgan fingerprint density at radius 2 is 2.19 bits per heavy atom. The van der Waals surface area contributed by atoms with Gasteiger partial charge in [-0.2, -0.15) is 0 Å². The SMILES string of the molecule is CCC(C)(C)NC(=O)C(C)S(=O)Cc1nnnn1C1CC1. The highest BCUT2D eigenvalue weighted by atomic mass is 32.2. The second kappa shape index (κ2) is 6.21. The molecule has 0 radical (unpaired) electrons. The Morgan fingerprint density at radius 3 is 2.76 bits per heavy atom. The second-order valence-electron chi connectivity index (χ2n) is 6.16. The maximum absolute atomic E-state index is 12.4. The molecule has 0 aromatic carbocycles. The van der Waals surface area contributed by atoms with Crippen molar-refractivity contribution in [2.75, 3.05) is 0 Å². The summed E-state index contributed by atoms with van der Waals surface area (Å²) in [6, 6.07) is 0.343. The highest BCUT2D eigenvalue weighted by Gasteiger charge is 2.30. The highest BCUT2D eigenvalue weighted by molar-refractivity contribution is 7.85. The third-order valence-corrected chi connectivity index (χ3v) is 5.38. The Kier molecular flexibility index (Phi) is 4.75. The third-order valence-electron chi connectivity index (χ3n) is 3.83. The molecule has 1 amide bonds. The smallest absolute Gasteiger partial charge is 0.235 e. The van der Waals surface area contributed by atoms with Gasteiger partial charge in [0.05, 0.1) is 11.8 Å². The van der Waals surface area contributed by atoms with Crippen molar-refractivity contribution >= 4 is 16.7 Å². The van der Waals surface area contributed by atoms with Crippen LogP contribution in [-0.4, -0.2) is 41.1 Å². The fraction of sp³-hybridized carbons (Fsp3) is 0.846. The lowest BCUT2D eigenvalue weighted by Crippen LogP contribution is -2.47. The van der Waals surface area contributed by atoms with Crippen LogP contribution in [0.1, 0.15) is 58.8 Å². The zero-order valence-electron chi connectivity index (χ0n) is 13.0. The van der Waals surface area contributed by atoms with Gasteiger partial charge in [0.1, 0.15) is 5.25 Å². The van der Waals surface area contributed by atoms with E-state index in [1.165, 1.54) is 0 Å². The van der Waals surface area contributed by atoms with Crippen LogP contribution in [0, 0.1) is 0 Å². The molecular weight excluding hydrogens is 290 g/mol. The van der Waals surface area contributed by atoms with Crippen molar-refractivity contribution in [1.82, 2.24) is 25.5 Å². The van der Waals surface area contributed by atoms with E-state index >= 15 is 0 Å². The lowest BCUT2D eigenvalue weighted by atomic mass is 10.0. The minimum absolute atomic E-state index is 0.189. The monoisotopic (exact) mass is 313 g/mol. The first-order valence-corrected chi connectivity index (χ1v) is 8.68. The van der Waals surface area contributed by atoms with Crippen LogP contribution < -0.4 is 5.32 Å². The van der Waals surface area contributed by atoms with Crippen molar-refractivity contribution in [2.24, 2.45) is 0 Å². The Balaban J connectivity index is 1.96. The van der Waals surface area contributed by atoms with Gasteiger partial charge >= 0.3 is 0 Å². The summed E-state index contributed by atoms with van der Waals surface area (Å²) in [7, 11) is -1.34. The quantitative estimate of drug-likeness (QED) is 0.809. The molecule has 1 aliphatic carbocycles. The molecule has 21 heavy (non-hydrogen) atoms. The molecule has 0 spiro atoms. The molecule has 1 N–H and O–H groups in total. The fourth-order valence-corrected chi connectivity index (χ4v) is 2.80. The van der Waals surface area contributed by atoms with Crippen LogP contribution in [-0.2, 0) is 21.3 Å². The van der Waals surface area contributed by atoms with Crippen LogP contribution in [0.2, 0.25) is 0 Å². The molecule has 1 aromatic heterocycles. The van der Waals surface area contributed by atoms with E-state index in [9.17, 15) is 9.00 Å². The van der Waals surface area contributed by atoms with Crippen molar-refractivity contribution in [1.29, 1.82) is 0 Å². The minimum atomic E-state index is -1.34. The molecule has 1 aromatic rings. The van der Waals surface area contributed by atoms with E-state index in [1.54, 1.807) is 11.6 Å². The molecule has 2 rings (SSSR count). The van der Waals surface area contributed by atoms with Crippen molar-refractivity contribution in [3.63, 3.8) is 0 Å². The summed E-state index contributed by atoms with van der Waals surface area (Å²) in [6.07, 6.45) is 2.94. The van der Waals surface area contributed by atoms with Crippen LogP contribution in [0.4, 0.5) is 0 Å². The Bertz CT molecular complexity index is 538. The first kappa shape index (κ1) is 16.1. The van der Waals surface area contributed by atoms with Crippen molar-refractivity contribution in [2.45, 2.75) is 69.5 Å². The Labute approximate surface area is 127 Å². The van der Waals surface area contributed by atoms with Gasteiger partial charge in [0.2, 0.25) is 5.91 Å². The number of nitrogens with zero attached hydrogens (tertiary/aromatic N) is 4.